The number of rotatable bonds is 1. The van der Waals surface area contributed by atoms with Gasteiger partial charge < -0.3 is 10.2 Å². The van der Waals surface area contributed by atoms with E-state index in [2.05, 4.69) is 47.6 Å². The molecule has 1 aromatic rings. The largest absolute Gasteiger partial charge is 0.339 e. The Labute approximate surface area is 123 Å². The SMILES string of the molecule is CCN1C(=C2NC(=S)NC2=O)C=Cc2cc(C)ccc21. The van der Waals surface area contributed by atoms with Crippen LogP contribution in [0.1, 0.15) is 18.1 Å². The molecule has 20 heavy (non-hydrogen) atoms. The van der Waals surface area contributed by atoms with Crippen LogP contribution in [0.3, 0.4) is 0 Å². The highest BCUT2D eigenvalue weighted by Gasteiger charge is 2.28. The summed E-state index contributed by atoms with van der Waals surface area (Å²) in [7, 11) is 0. The van der Waals surface area contributed by atoms with Crippen molar-refractivity contribution in [2.75, 3.05) is 11.4 Å². The van der Waals surface area contributed by atoms with Crippen LogP contribution in [0.5, 0.6) is 0 Å². The maximum absolute atomic E-state index is 11.9. The van der Waals surface area contributed by atoms with Crippen molar-refractivity contribution in [1.29, 1.82) is 0 Å². The molecule has 1 aromatic carbocycles. The van der Waals surface area contributed by atoms with Gasteiger partial charge in [-0.05, 0) is 49.8 Å². The average Bonchev–Trinajstić information content (AvgIpc) is 2.76. The fourth-order valence-corrected chi connectivity index (χ4v) is 2.74. The third-order valence-corrected chi connectivity index (χ3v) is 3.65. The van der Waals surface area contributed by atoms with Gasteiger partial charge in [0.1, 0.15) is 5.70 Å². The average molecular weight is 285 g/mol. The maximum atomic E-state index is 11.9. The van der Waals surface area contributed by atoms with Gasteiger partial charge in [-0.2, -0.15) is 0 Å². The summed E-state index contributed by atoms with van der Waals surface area (Å²) in [5.41, 5.74) is 4.85. The Morgan fingerprint density at radius 1 is 1.25 bits per heavy atom. The smallest absolute Gasteiger partial charge is 0.276 e. The van der Waals surface area contributed by atoms with Crippen LogP contribution in [0.15, 0.2) is 35.7 Å². The Morgan fingerprint density at radius 3 is 2.70 bits per heavy atom. The van der Waals surface area contributed by atoms with Crippen molar-refractivity contribution in [3.8, 4) is 0 Å². The fourth-order valence-electron chi connectivity index (χ4n) is 2.55. The molecule has 0 aliphatic carbocycles. The number of anilines is 1. The highest BCUT2D eigenvalue weighted by atomic mass is 32.1. The Morgan fingerprint density at radius 2 is 2.05 bits per heavy atom. The minimum absolute atomic E-state index is 0.177. The summed E-state index contributed by atoms with van der Waals surface area (Å²) in [5, 5.41) is 5.90. The molecule has 0 bridgehead atoms. The van der Waals surface area contributed by atoms with E-state index in [0.29, 0.717) is 10.8 Å². The highest BCUT2D eigenvalue weighted by Crippen LogP contribution is 2.32. The summed E-state index contributed by atoms with van der Waals surface area (Å²) >= 11 is 4.99. The van der Waals surface area contributed by atoms with E-state index >= 15 is 0 Å². The normalized spacial score (nSPS) is 20.8. The van der Waals surface area contributed by atoms with E-state index in [9.17, 15) is 4.79 Å². The summed E-state index contributed by atoms with van der Waals surface area (Å²) < 4.78 is 0. The highest BCUT2D eigenvalue weighted by molar-refractivity contribution is 7.80. The van der Waals surface area contributed by atoms with E-state index < -0.39 is 0 Å². The molecule has 0 radical (unpaired) electrons. The second-order valence-corrected chi connectivity index (χ2v) is 5.22. The fraction of sp³-hybridized carbons (Fsp3) is 0.200. The lowest BCUT2D eigenvalue weighted by atomic mass is 10.0. The van der Waals surface area contributed by atoms with Crippen LogP contribution in [0, 0.1) is 6.92 Å². The van der Waals surface area contributed by atoms with E-state index in [-0.39, 0.29) is 5.91 Å². The van der Waals surface area contributed by atoms with Crippen molar-refractivity contribution in [2.45, 2.75) is 13.8 Å². The summed E-state index contributed by atoms with van der Waals surface area (Å²) in [6.45, 7) is 4.91. The lowest BCUT2D eigenvalue weighted by Crippen LogP contribution is -2.28. The molecule has 3 rings (SSSR count). The second kappa shape index (κ2) is 4.76. The van der Waals surface area contributed by atoms with Crippen LogP contribution in [-0.4, -0.2) is 17.6 Å². The summed E-state index contributed by atoms with van der Waals surface area (Å²) in [4.78, 5) is 14.0. The van der Waals surface area contributed by atoms with E-state index in [1.54, 1.807) is 0 Å². The number of fused-ring (bicyclic) bond motifs is 1. The predicted octanol–water partition coefficient (Wildman–Crippen LogP) is 2.06. The molecule has 1 fully saturated rings. The van der Waals surface area contributed by atoms with Crippen LogP contribution < -0.4 is 15.5 Å². The minimum Gasteiger partial charge on any atom is -0.339 e. The number of benzene rings is 1. The first kappa shape index (κ1) is 12.9. The number of likely N-dealkylation sites (N-methyl/N-ethyl adjacent to an activating group) is 1. The zero-order chi connectivity index (χ0) is 14.3. The van der Waals surface area contributed by atoms with Crippen LogP contribution in [0.4, 0.5) is 5.69 Å². The number of carbonyl (C=O) groups is 1. The number of nitrogens with one attached hydrogen (secondary N) is 2. The molecule has 2 heterocycles. The van der Waals surface area contributed by atoms with Crippen molar-refractivity contribution in [1.82, 2.24) is 10.6 Å². The lowest BCUT2D eigenvalue weighted by Gasteiger charge is -2.30. The summed E-state index contributed by atoms with van der Waals surface area (Å²) in [6.07, 6.45) is 3.99. The Balaban J connectivity index is 2.13. The van der Waals surface area contributed by atoms with Crippen LogP contribution >= 0.6 is 12.2 Å². The van der Waals surface area contributed by atoms with E-state index in [4.69, 9.17) is 12.2 Å². The van der Waals surface area contributed by atoms with Crippen molar-refractivity contribution in [3.05, 3.63) is 46.8 Å². The Kier molecular flexibility index (Phi) is 3.06. The van der Waals surface area contributed by atoms with Gasteiger partial charge in [-0.15, -0.1) is 0 Å². The van der Waals surface area contributed by atoms with Gasteiger partial charge in [-0.1, -0.05) is 17.7 Å². The van der Waals surface area contributed by atoms with Crippen molar-refractivity contribution in [3.63, 3.8) is 0 Å². The topological polar surface area (TPSA) is 44.4 Å². The zero-order valence-corrected chi connectivity index (χ0v) is 12.2. The first-order valence-electron chi connectivity index (χ1n) is 6.53. The first-order chi connectivity index (χ1) is 9.60. The molecular weight excluding hydrogens is 270 g/mol. The van der Waals surface area contributed by atoms with E-state index in [1.165, 1.54) is 5.56 Å². The second-order valence-electron chi connectivity index (χ2n) is 4.81. The van der Waals surface area contributed by atoms with Crippen molar-refractivity contribution in [2.24, 2.45) is 0 Å². The number of carbonyl (C=O) groups excluding carboxylic acids is 1. The third-order valence-electron chi connectivity index (χ3n) is 3.45. The Hall–Kier alpha value is -2.14. The molecule has 0 aromatic heterocycles. The number of amides is 1. The van der Waals surface area contributed by atoms with Crippen molar-refractivity contribution < 1.29 is 4.79 Å². The molecule has 1 amide bonds. The number of nitrogens with zero attached hydrogens (tertiary/aromatic N) is 1. The zero-order valence-electron chi connectivity index (χ0n) is 11.4. The monoisotopic (exact) mass is 285 g/mol. The van der Waals surface area contributed by atoms with Gasteiger partial charge in [0, 0.05) is 12.2 Å². The molecule has 2 aliphatic rings. The molecule has 5 heteroatoms. The molecule has 0 spiro atoms. The third kappa shape index (κ3) is 2.00. The van der Waals surface area contributed by atoms with Gasteiger partial charge in [-0.3, -0.25) is 10.1 Å². The molecule has 1 saturated heterocycles. The summed E-state index contributed by atoms with van der Waals surface area (Å²) in [5.74, 6) is -0.177. The van der Waals surface area contributed by atoms with Gasteiger partial charge in [0.15, 0.2) is 5.11 Å². The molecule has 0 unspecified atom stereocenters. The quantitative estimate of drug-likeness (QED) is 0.612. The van der Waals surface area contributed by atoms with Crippen LogP contribution in [0.2, 0.25) is 0 Å². The number of aryl methyl sites for hydroxylation is 1. The first-order valence-corrected chi connectivity index (χ1v) is 6.94. The van der Waals surface area contributed by atoms with Crippen molar-refractivity contribution >= 4 is 35.0 Å². The van der Waals surface area contributed by atoms with E-state index in [0.717, 1.165) is 23.5 Å². The number of hydrogen-bond acceptors (Lipinski definition) is 3. The molecule has 0 saturated carbocycles. The lowest BCUT2D eigenvalue weighted by molar-refractivity contribution is -0.115. The van der Waals surface area contributed by atoms with Gasteiger partial charge in [0.2, 0.25) is 0 Å². The molecule has 4 nitrogen and oxygen atoms in total. The van der Waals surface area contributed by atoms with Gasteiger partial charge >= 0.3 is 0 Å². The van der Waals surface area contributed by atoms with E-state index in [1.807, 2.05) is 12.2 Å². The molecular formula is C15H15N3OS. The molecule has 102 valence electrons. The molecule has 0 atom stereocenters. The molecule has 2 aliphatic heterocycles. The Bertz CT molecular complexity index is 676. The number of thiocarbonyl (C=S) groups is 1. The van der Waals surface area contributed by atoms with Crippen LogP contribution in [0.25, 0.3) is 6.08 Å². The molecule has 2 N–H and O–H groups in total. The number of allylic oxidation sites excluding steroid dienone is 1. The standard InChI is InChI=1S/C15H15N3OS/c1-3-18-11-6-4-9(2)8-10(11)5-7-12(18)13-14(19)17-15(20)16-13/h4-8H,3H2,1-2H3,(H2,16,17,19,20). The summed E-state index contributed by atoms with van der Waals surface area (Å²) in [6, 6.07) is 6.31. The van der Waals surface area contributed by atoms with Gasteiger partial charge in [0.05, 0.1) is 5.70 Å². The predicted molar refractivity (Wildman–Crippen MR) is 84.1 cm³/mol. The van der Waals surface area contributed by atoms with Gasteiger partial charge in [-0.25, -0.2) is 0 Å². The van der Waals surface area contributed by atoms with Crippen LogP contribution in [-0.2, 0) is 4.79 Å². The maximum Gasteiger partial charge on any atom is 0.276 e. The van der Waals surface area contributed by atoms with Gasteiger partial charge in [0.25, 0.3) is 5.91 Å². The number of hydrogen-bond donors (Lipinski definition) is 2. The minimum atomic E-state index is -0.177.